The van der Waals surface area contributed by atoms with Gasteiger partial charge in [-0.05, 0) is 28.3 Å². The van der Waals surface area contributed by atoms with Crippen molar-refractivity contribution in [3.63, 3.8) is 0 Å². The summed E-state index contributed by atoms with van der Waals surface area (Å²) in [5, 5.41) is 7.48. The van der Waals surface area contributed by atoms with E-state index in [-0.39, 0.29) is 11.9 Å². The highest BCUT2D eigenvalue weighted by Crippen LogP contribution is 2.23. The summed E-state index contributed by atoms with van der Waals surface area (Å²) >= 11 is 1.67. The molecule has 3 heterocycles. The largest absolute Gasteiger partial charge is 0.348 e. The molecule has 5 nitrogen and oxygen atoms in total. The molecule has 0 spiro atoms. The van der Waals surface area contributed by atoms with Gasteiger partial charge in [0.2, 0.25) is 5.91 Å². The quantitative estimate of drug-likeness (QED) is 0.889. The van der Waals surface area contributed by atoms with Crippen LogP contribution in [0, 0.1) is 5.92 Å². The predicted octanol–water partition coefficient (Wildman–Crippen LogP) is 2.34. The Bertz CT molecular complexity index is 620. The number of hydrogen-bond donors (Lipinski definition) is 2. The Morgan fingerprint density at radius 2 is 2.41 bits per heavy atom. The van der Waals surface area contributed by atoms with Crippen molar-refractivity contribution in [1.82, 2.24) is 20.2 Å². The number of H-pyrrole nitrogens is 1. The highest BCUT2D eigenvalue weighted by molar-refractivity contribution is 7.07. The third-order valence-corrected chi connectivity index (χ3v) is 4.58. The van der Waals surface area contributed by atoms with Gasteiger partial charge >= 0.3 is 0 Å². The fraction of sp³-hybridized carbons (Fsp3) is 0.500. The number of imidazole rings is 1. The van der Waals surface area contributed by atoms with Crippen LogP contribution in [0.25, 0.3) is 0 Å². The van der Waals surface area contributed by atoms with Crippen molar-refractivity contribution in [3.05, 3.63) is 40.1 Å². The molecule has 3 rings (SSSR count). The van der Waals surface area contributed by atoms with Gasteiger partial charge in [-0.25, -0.2) is 4.98 Å². The van der Waals surface area contributed by atoms with Crippen LogP contribution in [0.5, 0.6) is 0 Å². The summed E-state index contributed by atoms with van der Waals surface area (Å²) < 4.78 is 0. The zero-order chi connectivity index (χ0) is 15.5. The van der Waals surface area contributed by atoms with Crippen LogP contribution in [-0.4, -0.2) is 33.9 Å². The molecule has 118 valence electrons. The zero-order valence-corrected chi connectivity index (χ0v) is 13.8. The van der Waals surface area contributed by atoms with E-state index in [4.69, 9.17) is 0 Å². The molecular formula is C16H22N4OS. The molecule has 0 bridgehead atoms. The number of aromatic amines is 1. The summed E-state index contributed by atoms with van der Waals surface area (Å²) in [4.78, 5) is 22.5. The number of carbonyl (C=O) groups is 1. The van der Waals surface area contributed by atoms with Gasteiger partial charge in [-0.1, -0.05) is 13.8 Å². The maximum Gasteiger partial charge on any atom is 0.246 e. The predicted molar refractivity (Wildman–Crippen MR) is 87.6 cm³/mol. The molecule has 2 aromatic heterocycles. The first kappa shape index (κ1) is 15.2. The summed E-state index contributed by atoms with van der Waals surface area (Å²) in [5.41, 5.74) is 3.13. The molecule has 1 aliphatic rings. The summed E-state index contributed by atoms with van der Waals surface area (Å²) in [6, 6.07) is 1.76. The Kier molecular flexibility index (Phi) is 4.59. The van der Waals surface area contributed by atoms with E-state index in [1.165, 1.54) is 5.56 Å². The van der Waals surface area contributed by atoms with E-state index in [1.807, 2.05) is 4.90 Å². The van der Waals surface area contributed by atoms with E-state index in [0.717, 1.165) is 30.9 Å². The van der Waals surface area contributed by atoms with E-state index >= 15 is 0 Å². The number of fused-ring (bicyclic) bond motifs is 1. The number of aromatic nitrogens is 2. The summed E-state index contributed by atoms with van der Waals surface area (Å²) in [5.74, 6) is 0.554. The second-order valence-corrected chi connectivity index (χ2v) is 6.93. The molecular weight excluding hydrogens is 296 g/mol. The Morgan fingerprint density at radius 1 is 1.55 bits per heavy atom. The molecule has 1 aliphatic heterocycles. The summed E-state index contributed by atoms with van der Waals surface area (Å²) in [6.45, 7) is 6.51. The number of amides is 1. The van der Waals surface area contributed by atoms with Crippen LogP contribution < -0.4 is 5.32 Å². The van der Waals surface area contributed by atoms with Gasteiger partial charge in [0.05, 0.1) is 12.0 Å². The monoisotopic (exact) mass is 318 g/mol. The Labute approximate surface area is 134 Å². The number of rotatable bonds is 5. The second kappa shape index (κ2) is 6.62. The number of hydrogen-bond acceptors (Lipinski definition) is 4. The molecule has 2 N–H and O–H groups in total. The Morgan fingerprint density at radius 3 is 3.14 bits per heavy atom. The van der Waals surface area contributed by atoms with Gasteiger partial charge in [0.25, 0.3) is 0 Å². The highest BCUT2D eigenvalue weighted by Gasteiger charge is 2.32. The highest BCUT2D eigenvalue weighted by atomic mass is 32.1. The number of thiophene rings is 1. The average Bonchev–Trinajstić information content (AvgIpc) is 3.15. The minimum Gasteiger partial charge on any atom is -0.348 e. The van der Waals surface area contributed by atoms with Crippen LogP contribution in [0.2, 0.25) is 0 Å². The standard InChI is InChI=1S/C16H22N4OS/c1-11(2)7-20(8-12-4-6-22-9-12)16(21)15-14-13(3-5-17-15)18-10-19-14/h4,6,9-11,15,17H,3,5,7-8H2,1-2H3,(H,18,19). The minimum atomic E-state index is -0.326. The number of nitrogens with one attached hydrogen (secondary N) is 2. The molecule has 2 aromatic rings. The normalized spacial score (nSPS) is 17.5. The van der Waals surface area contributed by atoms with Crippen molar-refractivity contribution in [3.8, 4) is 0 Å². The third kappa shape index (κ3) is 3.23. The maximum atomic E-state index is 13.0. The van der Waals surface area contributed by atoms with Crippen LogP contribution in [0.3, 0.4) is 0 Å². The molecule has 22 heavy (non-hydrogen) atoms. The lowest BCUT2D eigenvalue weighted by atomic mass is 10.0. The molecule has 1 amide bonds. The number of nitrogens with zero attached hydrogens (tertiary/aromatic N) is 2. The van der Waals surface area contributed by atoms with Crippen LogP contribution in [0.4, 0.5) is 0 Å². The third-order valence-electron chi connectivity index (χ3n) is 3.85. The fourth-order valence-electron chi connectivity index (χ4n) is 2.88. The maximum absolute atomic E-state index is 13.0. The second-order valence-electron chi connectivity index (χ2n) is 6.15. The van der Waals surface area contributed by atoms with Crippen LogP contribution in [-0.2, 0) is 17.8 Å². The van der Waals surface area contributed by atoms with Crippen molar-refractivity contribution in [2.24, 2.45) is 5.92 Å². The van der Waals surface area contributed by atoms with E-state index < -0.39 is 0 Å². The van der Waals surface area contributed by atoms with Gasteiger partial charge in [0.1, 0.15) is 6.04 Å². The first-order chi connectivity index (χ1) is 10.6. The SMILES string of the molecule is CC(C)CN(Cc1ccsc1)C(=O)C1NCCc2[nH]cnc21. The Hall–Kier alpha value is -1.66. The lowest BCUT2D eigenvalue weighted by Gasteiger charge is -2.30. The van der Waals surface area contributed by atoms with Crippen molar-refractivity contribution >= 4 is 17.2 Å². The number of carbonyl (C=O) groups excluding carboxylic acids is 1. The molecule has 0 saturated heterocycles. The van der Waals surface area contributed by atoms with Crippen LogP contribution in [0.15, 0.2) is 23.2 Å². The van der Waals surface area contributed by atoms with E-state index in [1.54, 1.807) is 17.7 Å². The lowest BCUT2D eigenvalue weighted by Crippen LogP contribution is -2.44. The molecule has 1 atom stereocenters. The Balaban J connectivity index is 1.80. The molecule has 0 radical (unpaired) electrons. The van der Waals surface area contributed by atoms with Gasteiger partial charge in [-0.3, -0.25) is 4.79 Å². The van der Waals surface area contributed by atoms with Gasteiger partial charge in [0, 0.05) is 31.7 Å². The fourth-order valence-corrected chi connectivity index (χ4v) is 3.54. The van der Waals surface area contributed by atoms with Gasteiger partial charge < -0.3 is 15.2 Å². The van der Waals surface area contributed by atoms with Gasteiger partial charge in [-0.15, -0.1) is 0 Å². The van der Waals surface area contributed by atoms with Crippen LogP contribution in [0.1, 0.15) is 36.8 Å². The molecule has 0 fully saturated rings. The zero-order valence-electron chi connectivity index (χ0n) is 13.0. The molecule has 0 aliphatic carbocycles. The van der Waals surface area contributed by atoms with Gasteiger partial charge in [0.15, 0.2) is 0 Å². The van der Waals surface area contributed by atoms with E-state index in [9.17, 15) is 4.79 Å². The smallest absolute Gasteiger partial charge is 0.246 e. The first-order valence-corrected chi connectivity index (χ1v) is 8.65. The van der Waals surface area contributed by atoms with E-state index in [0.29, 0.717) is 12.5 Å². The molecule has 6 heteroatoms. The van der Waals surface area contributed by atoms with Crippen molar-refractivity contribution < 1.29 is 4.79 Å². The van der Waals surface area contributed by atoms with Gasteiger partial charge in [-0.2, -0.15) is 11.3 Å². The average molecular weight is 318 g/mol. The first-order valence-electron chi connectivity index (χ1n) is 7.70. The minimum absolute atomic E-state index is 0.118. The molecule has 1 unspecified atom stereocenters. The van der Waals surface area contributed by atoms with E-state index in [2.05, 4.69) is 46.0 Å². The summed E-state index contributed by atoms with van der Waals surface area (Å²) in [6.07, 6.45) is 2.58. The van der Waals surface area contributed by atoms with Crippen molar-refractivity contribution in [2.75, 3.05) is 13.1 Å². The van der Waals surface area contributed by atoms with Crippen LogP contribution >= 0.6 is 11.3 Å². The topological polar surface area (TPSA) is 61.0 Å². The lowest BCUT2D eigenvalue weighted by molar-refractivity contribution is -0.135. The van der Waals surface area contributed by atoms with Crippen molar-refractivity contribution in [2.45, 2.75) is 32.9 Å². The molecule has 0 saturated carbocycles. The van der Waals surface area contributed by atoms with Crippen molar-refractivity contribution in [1.29, 1.82) is 0 Å². The summed E-state index contributed by atoms with van der Waals surface area (Å²) in [7, 11) is 0. The molecule has 0 aromatic carbocycles.